The Balaban J connectivity index is 2.29. The van der Waals surface area contributed by atoms with E-state index in [9.17, 15) is 19.3 Å². The Morgan fingerprint density at radius 3 is 2.72 bits per heavy atom. The van der Waals surface area contributed by atoms with Gasteiger partial charge in [-0.15, -0.1) is 0 Å². The van der Waals surface area contributed by atoms with E-state index in [0.29, 0.717) is 5.33 Å². The normalized spacial score (nSPS) is 16.1. The Hall–Kier alpha value is -1.50. The number of carbonyl (C=O) groups excluding carboxylic acids is 1. The average molecular weight is 317 g/mol. The van der Waals surface area contributed by atoms with Crippen LogP contribution in [0.5, 0.6) is 0 Å². The van der Waals surface area contributed by atoms with Gasteiger partial charge in [0, 0.05) is 11.4 Å². The van der Waals surface area contributed by atoms with E-state index in [1.54, 1.807) is 0 Å². The van der Waals surface area contributed by atoms with Crippen LogP contribution in [0.4, 0.5) is 10.1 Å². The summed E-state index contributed by atoms with van der Waals surface area (Å²) in [5.74, 6) is -1.28. The Bertz CT molecular complexity index is 517. The van der Waals surface area contributed by atoms with E-state index in [4.69, 9.17) is 0 Å². The Kier molecular flexibility index (Phi) is 3.34. The molecule has 1 fully saturated rings. The average Bonchev–Trinajstić information content (AvgIpc) is 3.09. The molecule has 0 bridgehead atoms. The number of alkyl halides is 1. The number of halogens is 2. The quantitative estimate of drug-likeness (QED) is 0.526. The lowest BCUT2D eigenvalue weighted by molar-refractivity contribution is -0.385. The number of rotatable bonds is 4. The van der Waals surface area contributed by atoms with Gasteiger partial charge in [0.2, 0.25) is 0 Å². The van der Waals surface area contributed by atoms with Gasteiger partial charge in [-0.3, -0.25) is 14.9 Å². The summed E-state index contributed by atoms with van der Waals surface area (Å²) in [4.78, 5) is 22.0. The Morgan fingerprint density at radius 1 is 1.56 bits per heavy atom. The highest BCUT2D eigenvalue weighted by Crippen LogP contribution is 2.37. The fourth-order valence-corrected chi connectivity index (χ4v) is 2.30. The van der Waals surface area contributed by atoms with Crippen LogP contribution in [-0.2, 0) is 0 Å². The first-order chi connectivity index (χ1) is 8.47. The molecule has 1 aliphatic carbocycles. The highest BCUT2D eigenvalue weighted by molar-refractivity contribution is 9.09. The molecule has 0 aromatic heterocycles. The first-order valence-corrected chi connectivity index (χ1v) is 6.42. The molecule has 0 spiro atoms. The van der Waals surface area contributed by atoms with Gasteiger partial charge in [-0.25, -0.2) is 4.39 Å². The molecule has 18 heavy (non-hydrogen) atoms. The fourth-order valence-electron chi connectivity index (χ4n) is 1.60. The maximum absolute atomic E-state index is 13.1. The molecule has 1 aliphatic rings. The topological polar surface area (TPSA) is 72.2 Å². The lowest BCUT2D eigenvalue weighted by Gasteiger charge is -2.14. The number of nitrogens with one attached hydrogen (secondary N) is 1. The van der Waals surface area contributed by atoms with E-state index >= 15 is 0 Å². The van der Waals surface area contributed by atoms with Gasteiger partial charge < -0.3 is 5.32 Å². The van der Waals surface area contributed by atoms with Crippen molar-refractivity contribution >= 4 is 27.5 Å². The van der Waals surface area contributed by atoms with E-state index in [2.05, 4.69) is 21.2 Å². The second kappa shape index (κ2) is 4.64. The molecule has 1 aromatic rings. The van der Waals surface area contributed by atoms with Crippen molar-refractivity contribution in [1.82, 2.24) is 5.32 Å². The van der Waals surface area contributed by atoms with Gasteiger partial charge >= 0.3 is 0 Å². The van der Waals surface area contributed by atoms with Crippen molar-refractivity contribution in [3.8, 4) is 0 Å². The molecule has 0 atom stereocenters. The minimum absolute atomic E-state index is 0.243. The minimum Gasteiger partial charge on any atom is -0.346 e. The van der Waals surface area contributed by atoms with E-state index in [0.717, 1.165) is 31.0 Å². The lowest BCUT2D eigenvalue weighted by Crippen LogP contribution is -2.38. The zero-order valence-electron chi connectivity index (χ0n) is 9.28. The van der Waals surface area contributed by atoms with E-state index < -0.39 is 16.6 Å². The molecule has 0 radical (unpaired) electrons. The van der Waals surface area contributed by atoms with Gasteiger partial charge in [0.15, 0.2) is 0 Å². The first-order valence-electron chi connectivity index (χ1n) is 5.30. The van der Waals surface area contributed by atoms with Crippen molar-refractivity contribution in [2.24, 2.45) is 0 Å². The van der Waals surface area contributed by atoms with Gasteiger partial charge in [0.1, 0.15) is 11.4 Å². The fraction of sp³-hybridized carbons (Fsp3) is 0.364. The number of hydrogen-bond acceptors (Lipinski definition) is 3. The first kappa shape index (κ1) is 12.9. The summed E-state index contributed by atoms with van der Waals surface area (Å²) < 4.78 is 13.1. The number of amides is 1. The molecule has 2 rings (SSSR count). The predicted octanol–water partition coefficient (Wildman–Crippen LogP) is 2.39. The maximum atomic E-state index is 13.1. The highest BCUT2D eigenvalue weighted by Gasteiger charge is 2.43. The molecular formula is C11H10BrFN2O3. The van der Waals surface area contributed by atoms with Gasteiger partial charge in [-0.2, -0.15) is 0 Å². The van der Waals surface area contributed by atoms with Crippen molar-refractivity contribution in [1.29, 1.82) is 0 Å². The molecule has 7 heteroatoms. The third-order valence-electron chi connectivity index (χ3n) is 2.89. The predicted molar refractivity (Wildman–Crippen MR) is 66.3 cm³/mol. The number of nitro benzene ring substituents is 1. The smallest absolute Gasteiger partial charge is 0.282 e. The number of nitro groups is 1. The van der Waals surface area contributed by atoms with E-state index in [1.165, 1.54) is 0 Å². The van der Waals surface area contributed by atoms with Crippen LogP contribution in [0.3, 0.4) is 0 Å². The van der Waals surface area contributed by atoms with Crippen LogP contribution < -0.4 is 5.32 Å². The van der Waals surface area contributed by atoms with Crippen LogP contribution in [0, 0.1) is 15.9 Å². The van der Waals surface area contributed by atoms with Crippen LogP contribution in [0.2, 0.25) is 0 Å². The molecule has 1 N–H and O–H groups in total. The molecule has 1 amide bonds. The second-order valence-corrected chi connectivity index (χ2v) is 4.85. The van der Waals surface area contributed by atoms with Crippen LogP contribution in [-0.4, -0.2) is 21.7 Å². The summed E-state index contributed by atoms with van der Waals surface area (Å²) in [6, 6.07) is 2.85. The van der Waals surface area contributed by atoms with Crippen LogP contribution >= 0.6 is 15.9 Å². The molecule has 0 aliphatic heterocycles. The van der Waals surface area contributed by atoms with Gasteiger partial charge in [-0.1, -0.05) is 15.9 Å². The van der Waals surface area contributed by atoms with Gasteiger partial charge in [-0.05, 0) is 25.0 Å². The third-order valence-corrected chi connectivity index (χ3v) is 3.96. The second-order valence-electron chi connectivity index (χ2n) is 4.29. The summed E-state index contributed by atoms with van der Waals surface area (Å²) >= 11 is 3.27. The summed E-state index contributed by atoms with van der Waals surface area (Å²) in [5, 5.41) is 14.1. The summed E-state index contributed by atoms with van der Waals surface area (Å²) in [6.45, 7) is 0. The van der Waals surface area contributed by atoms with Crippen LogP contribution in [0.25, 0.3) is 0 Å². The summed E-state index contributed by atoms with van der Waals surface area (Å²) in [6.07, 6.45) is 1.63. The molecule has 0 saturated heterocycles. The van der Waals surface area contributed by atoms with Crippen LogP contribution in [0.1, 0.15) is 23.2 Å². The monoisotopic (exact) mass is 316 g/mol. The van der Waals surface area contributed by atoms with Crippen molar-refractivity contribution in [2.75, 3.05) is 5.33 Å². The molecule has 0 unspecified atom stereocenters. The molecule has 5 nitrogen and oxygen atoms in total. The van der Waals surface area contributed by atoms with Crippen molar-refractivity contribution < 1.29 is 14.1 Å². The summed E-state index contributed by atoms with van der Waals surface area (Å²) in [7, 11) is 0. The molecule has 1 saturated carbocycles. The summed E-state index contributed by atoms with van der Waals surface area (Å²) in [5.41, 5.74) is -0.969. The molecule has 0 heterocycles. The molecule has 1 aromatic carbocycles. The van der Waals surface area contributed by atoms with Crippen molar-refractivity contribution in [3.63, 3.8) is 0 Å². The zero-order chi connectivity index (χ0) is 13.3. The number of benzene rings is 1. The number of carbonyl (C=O) groups is 1. The largest absolute Gasteiger partial charge is 0.346 e. The van der Waals surface area contributed by atoms with Gasteiger partial charge in [0.05, 0.1) is 10.5 Å². The standard InChI is InChI=1S/C11H10BrFN2O3/c12-6-11(3-4-11)14-10(16)8-5-7(13)1-2-9(8)15(17)18/h1-2,5H,3-4,6H2,(H,14,16). The number of nitrogens with zero attached hydrogens (tertiary/aromatic N) is 1. The van der Waals surface area contributed by atoms with Crippen molar-refractivity contribution in [3.05, 3.63) is 39.7 Å². The molecule has 96 valence electrons. The van der Waals surface area contributed by atoms with E-state index in [1.807, 2.05) is 0 Å². The SMILES string of the molecule is O=C(NC1(CBr)CC1)c1cc(F)ccc1[N+](=O)[O-]. The number of hydrogen-bond donors (Lipinski definition) is 1. The van der Waals surface area contributed by atoms with E-state index in [-0.39, 0.29) is 16.8 Å². The Morgan fingerprint density at radius 2 is 2.22 bits per heavy atom. The Labute approximate surface area is 111 Å². The highest BCUT2D eigenvalue weighted by atomic mass is 79.9. The lowest BCUT2D eigenvalue weighted by atomic mass is 10.1. The third kappa shape index (κ3) is 2.50. The maximum Gasteiger partial charge on any atom is 0.282 e. The zero-order valence-corrected chi connectivity index (χ0v) is 10.9. The minimum atomic E-state index is -0.692. The molecular weight excluding hydrogens is 307 g/mol. The van der Waals surface area contributed by atoms with Crippen LogP contribution in [0.15, 0.2) is 18.2 Å². The van der Waals surface area contributed by atoms with Gasteiger partial charge in [0.25, 0.3) is 11.6 Å². The van der Waals surface area contributed by atoms with Crippen molar-refractivity contribution in [2.45, 2.75) is 18.4 Å².